The molecule has 112 valence electrons. The van der Waals surface area contributed by atoms with Crippen LogP contribution in [-0.2, 0) is 6.18 Å². The van der Waals surface area contributed by atoms with Gasteiger partial charge in [-0.15, -0.1) is 0 Å². The molecule has 2 aromatic carbocycles. The lowest BCUT2D eigenvalue weighted by Gasteiger charge is -2.17. The van der Waals surface area contributed by atoms with Crippen LogP contribution in [0.5, 0.6) is 0 Å². The first-order valence-corrected chi connectivity index (χ1v) is 6.39. The third-order valence-corrected chi connectivity index (χ3v) is 3.55. The zero-order chi connectivity index (χ0) is 15.8. The van der Waals surface area contributed by atoms with E-state index in [1.807, 2.05) is 19.9 Å². The Hall–Kier alpha value is -1.88. The van der Waals surface area contributed by atoms with Crippen LogP contribution in [0.3, 0.4) is 0 Å². The summed E-state index contributed by atoms with van der Waals surface area (Å²) in [6, 6.07) is 6.63. The summed E-state index contributed by atoms with van der Waals surface area (Å²) in [6.07, 6.45) is -4.52. The lowest BCUT2D eigenvalue weighted by molar-refractivity contribution is -0.137. The number of hydrogen-bond donors (Lipinski definition) is 1. The maximum absolute atomic E-state index is 13.8. The summed E-state index contributed by atoms with van der Waals surface area (Å²) in [6.45, 7) is 3.78. The van der Waals surface area contributed by atoms with Crippen molar-refractivity contribution in [1.29, 1.82) is 0 Å². The first-order chi connectivity index (χ1) is 9.70. The molecule has 0 saturated heterocycles. The molecule has 0 aromatic heterocycles. The SMILES string of the molecule is Cc1ccc(C(N)c2cc(C(F)(F)F)ccc2F)cc1C. The van der Waals surface area contributed by atoms with Crippen LogP contribution in [0, 0.1) is 19.7 Å². The van der Waals surface area contributed by atoms with Gasteiger partial charge in [-0.2, -0.15) is 13.2 Å². The maximum Gasteiger partial charge on any atom is 0.416 e. The van der Waals surface area contributed by atoms with Gasteiger partial charge in [-0.05, 0) is 48.7 Å². The van der Waals surface area contributed by atoms with Crippen molar-refractivity contribution in [3.05, 3.63) is 70.0 Å². The van der Waals surface area contributed by atoms with E-state index in [9.17, 15) is 17.6 Å². The molecular formula is C16H15F4N. The summed E-state index contributed by atoms with van der Waals surface area (Å²) in [5.41, 5.74) is 7.45. The summed E-state index contributed by atoms with van der Waals surface area (Å²) in [4.78, 5) is 0. The molecule has 0 amide bonds. The van der Waals surface area contributed by atoms with Gasteiger partial charge in [0.2, 0.25) is 0 Å². The van der Waals surface area contributed by atoms with E-state index < -0.39 is 23.6 Å². The smallest absolute Gasteiger partial charge is 0.320 e. The first kappa shape index (κ1) is 15.5. The summed E-state index contributed by atoms with van der Waals surface area (Å²) in [5.74, 6) is -0.742. The predicted molar refractivity (Wildman–Crippen MR) is 73.3 cm³/mol. The Balaban J connectivity index is 2.47. The molecule has 0 radical (unpaired) electrons. The third kappa shape index (κ3) is 3.24. The van der Waals surface area contributed by atoms with Crippen molar-refractivity contribution >= 4 is 0 Å². The van der Waals surface area contributed by atoms with Gasteiger partial charge in [-0.3, -0.25) is 0 Å². The monoisotopic (exact) mass is 297 g/mol. The van der Waals surface area contributed by atoms with Crippen LogP contribution >= 0.6 is 0 Å². The Kier molecular flexibility index (Phi) is 4.05. The molecule has 2 rings (SSSR count). The van der Waals surface area contributed by atoms with Gasteiger partial charge >= 0.3 is 6.18 Å². The average Bonchev–Trinajstić information content (AvgIpc) is 2.40. The van der Waals surface area contributed by atoms with Crippen molar-refractivity contribution in [2.24, 2.45) is 5.73 Å². The van der Waals surface area contributed by atoms with Gasteiger partial charge < -0.3 is 5.73 Å². The normalized spacial score (nSPS) is 13.3. The lowest BCUT2D eigenvalue weighted by Crippen LogP contribution is -2.16. The first-order valence-electron chi connectivity index (χ1n) is 6.39. The van der Waals surface area contributed by atoms with Crippen LogP contribution < -0.4 is 5.73 Å². The minimum absolute atomic E-state index is 0.159. The molecule has 21 heavy (non-hydrogen) atoms. The Morgan fingerprint density at radius 1 is 0.952 bits per heavy atom. The van der Waals surface area contributed by atoms with Gasteiger partial charge in [0, 0.05) is 5.56 Å². The number of rotatable bonds is 2. The molecule has 1 atom stereocenters. The molecule has 0 heterocycles. The number of aryl methyl sites for hydroxylation is 2. The standard InChI is InChI=1S/C16H15F4N/c1-9-3-4-11(7-10(9)2)15(21)13-8-12(16(18,19)20)5-6-14(13)17/h3-8,15H,21H2,1-2H3. The highest BCUT2D eigenvalue weighted by molar-refractivity contribution is 5.39. The molecule has 0 spiro atoms. The fraction of sp³-hybridized carbons (Fsp3) is 0.250. The number of nitrogens with two attached hydrogens (primary N) is 1. The predicted octanol–water partition coefficient (Wildman–Crippen LogP) is 4.51. The van der Waals surface area contributed by atoms with Crippen molar-refractivity contribution in [1.82, 2.24) is 0 Å². The van der Waals surface area contributed by atoms with Crippen molar-refractivity contribution in [2.45, 2.75) is 26.1 Å². The zero-order valence-corrected chi connectivity index (χ0v) is 11.6. The van der Waals surface area contributed by atoms with E-state index in [1.165, 1.54) is 0 Å². The molecule has 0 aliphatic carbocycles. The number of hydrogen-bond acceptors (Lipinski definition) is 1. The number of benzene rings is 2. The van der Waals surface area contributed by atoms with Gasteiger partial charge in [0.1, 0.15) is 5.82 Å². The van der Waals surface area contributed by atoms with Gasteiger partial charge in [0.25, 0.3) is 0 Å². The molecule has 1 unspecified atom stereocenters. The van der Waals surface area contributed by atoms with E-state index in [0.717, 1.165) is 23.3 Å². The van der Waals surface area contributed by atoms with Crippen LogP contribution in [0.4, 0.5) is 17.6 Å². The highest BCUT2D eigenvalue weighted by atomic mass is 19.4. The summed E-state index contributed by atoms with van der Waals surface area (Å²) in [7, 11) is 0. The second kappa shape index (κ2) is 5.48. The summed E-state index contributed by atoms with van der Waals surface area (Å²) < 4.78 is 52.0. The van der Waals surface area contributed by atoms with Crippen LogP contribution in [-0.4, -0.2) is 0 Å². The Labute approximate surface area is 120 Å². The van der Waals surface area contributed by atoms with E-state index in [4.69, 9.17) is 5.73 Å². The molecule has 0 aliphatic heterocycles. The van der Waals surface area contributed by atoms with Gasteiger partial charge in [0.05, 0.1) is 11.6 Å². The van der Waals surface area contributed by atoms with E-state index in [1.54, 1.807) is 12.1 Å². The largest absolute Gasteiger partial charge is 0.416 e. The van der Waals surface area contributed by atoms with Crippen molar-refractivity contribution in [2.75, 3.05) is 0 Å². The minimum Gasteiger partial charge on any atom is -0.320 e. The average molecular weight is 297 g/mol. The highest BCUT2D eigenvalue weighted by Crippen LogP contribution is 2.33. The van der Waals surface area contributed by atoms with Gasteiger partial charge in [-0.25, -0.2) is 4.39 Å². The van der Waals surface area contributed by atoms with Gasteiger partial charge in [-0.1, -0.05) is 18.2 Å². The third-order valence-electron chi connectivity index (χ3n) is 3.55. The molecule has 0 fully saturated rings. The van der Waals surface area contributed by atoms with Crippen LogP contribution in [0.1, 0.15) is 33.9 Å². The summed E-state index contributed by atoms with van der Waals surface area (Å²) in [5, 5.41) is 0. The Morgan fingerprint density at radius 3 is 2.19 bits per heavy atom. The number of alkyl halides is 3. The quantitative estimate of drug-likeness (QED) is 0.811. The maximum atomic E-state index is 13.8. The van der Waals surface area contributed by atoms with Crippen molar-refractivity contribution < 1.29 is 17.6 Å². The van der Waals surface area contributed by atoms with Crippen molar-refractivity contribution in [3.8, 4) is 0 Å². The second-order valence-electron chi connectivity index (χ2n) is 5.06. The lowest BCUT2D eigenvalue weighted by atomic mass is 9.95. The molecule has 0 aliphatic rings. The fourth-order valence-electron chi connectivity index (χ4n) is 2.10. The second-order valence-corrected chi connectivity index (χ2v) is 5.06. The van der Waals surface area contributed by atoms with Crippen molar-refractivity contribution in [3.63, 3.8) is 0 Å². The molecule has 5 heteroatoms. The van der Waals surface area contributed by atoms with Crippen LogP contribution in [0.2, 0.25) is 0 Å². The molecule has 2 N–H and O–H groups in total. The molecule has 0 saturated carbocycles. The van der Waals surface area contributed by atoms with E-state index in [2.05, 4.69) is 0 Å². The minimum atomic E-state index is -4.52. The summed E-state index contributed by atoms with van der Waals surface area (Å²) >= 11 is 0. The Morgan fingerprint density at radius 2 is 1.62 bits per heavy atom. The van der Waals surface area contributed by atoms with E-state index in [0.29, 0.717) is 11.6 Å². The van der Waals surface area contributed by atoms with Crippen LogP contribution in [0.15, 0.2) is 36.4 Å². The van der Waals surface area contributed by atoms with E-state index >= 15 is 0 Å². The number of halogens is 4. The Bertz CT molecular complexity index is 662. The zero-order valence-electron chi connectivity index (χ0n) is 11.6. The molecule has 1 nitrogen and oxygen atoms in total. The highest BCUT2D eigenvalue weighted by Gasteiger charge is 2.31. The molecular weight excluding hydrogens is 282 g/mol. The van der Waals surface area contributed by atoms with E-state index in [-0.39, 0.29) is 5.56 Å². The van der Waals surface area contributed by atoms with Crippen LogP contribution in [0.25, 0.3) is 0 Å². The molecule has 0 bridgehead atoms. The molecule has 2 aromatic rings. The van der Waals surface area contributed by atoms with Gasteiger partial charge in [0.15, 0.2) is 0 Å². The fourth-order valence-corrected chi connectivity index (χ4v) is 2.10. The topological polar surface area (TPSA) is 26.0 Å².